The lowest BCUT2D eigenvalue weighted by Crippen LogP contribution is -2.34. The Morgan fingerprint density at radius 1 is 0.963 bits per heavy atom. The molecule has 4 rings (SSSR count). The van der Waals surface area contributed by atoms with Gasteiger partial charge in [0.15, 0.2) is 0 Å². The number of hydrogen-bond donors (Lipinski definition) is 2. The zero-order valence-corrected chi connectivity index (χ0v) is 14.8. The van der Waals surface area contributed by atoms with Gasteiger partial charge in [0.05, 0.1) is 0 Å². The molecule has 2 N–H and O–H groups in total. The molecule has 0 aliphatic rings. The third-order valence-electron chi connectivity index (χ3n) is 4.45. The van der Waals surface area contributed by atoms with Gasteiger partial charge in [-0.3, -0.25) is 4.98 Å². The van der Waals surface area contributed by atoms with Crippen molar-refractivity contribution in [1.82, 2.24) is 14.9 Å². The molecule has 0 unspecified atom stereocenters. The largest absolute Gasteiger partial charge is 0.361 e. The summed E-state index contributed by atoms with van der Waals surface area (Å²) in [6, 6.07) is 21.4. The van der Waals surface area contributed by atoms with Crippen molar-refractivity contribution in [3.05, 3.63) is 96.4 Å². The van der Waals surface area contributed by atoms with Gasteiger partial charge >= 0.3 is 6.03 Å². The molecule has 2 aromatic heterocycles. The summed E-state index contributed by atoms with van der Waals surface area (Å²) in [7, 11) is 0. The van der Waals surface area contributed by atoms with Crippen molar-refractivity contribution in [2.75, 3.05) is 5.32 Å². The van der Waals surface area contributed by atoms with Gasteiger partial charge in [0.1, 0.15) is 0 Å². The van der Waals surface area contributed by atoms with Gasteiger partial charge in [0.25, 0.3) is 0 Å². The monoisotopic (exact) mass is 356 g/mol. The average Bonchev–Trinajstić information content (AvgIpc) is 3.19. The molecule has 0 saturated carbocycles. The van der Waals surface area contributed by atoms with Crippen LogP contribution in [0, 0.1) is 0 Å². The average molecular weight is 356 g/mol. The summed E-state index contributed by atoms with van der Waals surface area (Å²) < 4.78 is 0. The predicted octanol–water partition coefficient (Wildman–Crippen LogP) is 4.80. The second kappa shape index (κ2) is 7.74. The van der Waals surface area contributed by atoms with Crippen LogP contribution >= 0.6 is 0 Å². The molecule has 0 spiro atoms. The van der Waals surface area contributed by atoms with E-state index in [4.69, 9.17) is 0 Å². The molecule has 5 heteroatoms. The van der Waals surface area contributed by atoms with Gasteiger partial charge in [0, 0.05) is 48.3 Å². The predicted molar refractivity (Wildman–Crippen MR) is 107 cm³/mol. The summed E-state index contributed by atoms with van der Waals surface area (Å²) in [5.74, 6) is 0. The lowest BCUT2D eigenvalue weighted by Gasteiger charge is -2.24. The summed E-state index contributed by atoms with van der Waals surface area (Å²) >= 11 is 0. The van der Waals surface area contributed by atoms with Crippen LogP contribution < -0.4 is 5.32 Å². The summed E-state index contributed by atoms with van der Waals surface area (Å²) in [6.45, 7) is 0.982. The number of benzene rings is 2. The van der Waals surface area contributed by atoms with Crippen molar-refractivity contribution in [1.29, 1.82) is 0 Å². The Morgan fingerprint density at radius 3 is 2.67 bits per heavy atom. The van der Waals surface area contributed by atoms with E-state index in [2.05, 4.69) is 21.4 Å². The Hall–Kier alpha value is -3.60. The molecule has 0 saturated heterocycles. The topological polar surface area (TPSA) is 61.0 Å². The normalized spacial score (nSPS) is 10.7. The molecule has 134 valence electrons. The number of fused-ring (bicyclic) bond motifs is 1. The molecule has 0 aliphatic heterocycles. The number of rotatable bonds is 5. The zero-order chi connectivity index (χ0) is 18.5. The molecule has 2 aromatic carbocycles. The van der Waals surface area contributed by atoms with E-state index >= 15 is 0 Å². The molecular formula is C22H20N4O. The Kier molecular flexibility index (Phi) is 4.83. The third-order valence-corrected chi connectivity index (χ3v) is 4.45. The van der Waals surface area contributed by atoms with Crippen LogP contribution in [-0.2, 0) is 13.1 Å². The van der Waals surface area contributed by atoms with Gasteiger partial charge in [-0.2, -0.15) is 0 Å². The maximum atomic E-state index is 13.0. The number of amides is 2. The van der Waals surface area contributed by atoms with Crippen LogP contribution in [-0.4, -0.2) is 20.9 Å². The van der Waals surface area contributed by atoms with Gasteiger partial charge < -0.3 is 15.2 Å². The van der Waals surface area contributed by atoms with Crippen molar-refractivity contribution in [3.8, 4) is 0 Å². The summed E-state index contributed by atoms with van der Waals surface area (Å²) in [6.07, 6.45) is 5.45. The van der Waals surface area contributed by atoms with Crippen LogP contribution in [0.5, 0.6) is 0 Å². The number of anilines is 1. The number of nitrogens with one attached hydrogen (secondary N) is 2. The molecule has 2 amide bonds. The fourth-order valence-electron chi connectivity index (χ4n) is 3.13. The third kappa shape index (κ3) is 3.98. The molecule has 0 radical (unpaired) electrons. The number of aromatic nitrogens is 2. The molecular weight excluding hydrogens is 336 g/mol. The van der Waals surface area contributed by atoms with Crippen molar-refractivity contribution >= 4 is 22.6 Å². The number of aromatic amines is 1. The zero-order valence-electron chi connectivity index (χ0n) is 14.8. The van der Waals surface area contributed by atoms with E-state index in [9.17, 15) is 4.79 Å². The Labute approximate surface area is 157 Å². The van der Waals surface area contributed by atoms with E-state index in [1.807, 2.05) is 66.9 Å². The van der Waals surface area contributed by atoms with Crippen molar-refractivity contribution in [3.63, 3.8) is 0 Å². The highest BCUT2D eigenvalue weighted by atomic mass is 16.2. The number of H-pyrrole nitrogens is 1. The van der Waals surface area contributed by atoms with Crippen molar-refractivity contribution < 1.29 is 4.79 Å². The summed E-state index contributed by atoms with van der Waals surface area (Å²) in [5, 5.41) is 4.11. The highest BCUT2D eigenvalue weighted by Crippen LogP contribution is 2.20. The number of urea groups is 1. The summed E-state index contributed by atoms with van der Waals surface area (Å²) in [4.78, 5) is 22.2. The van der Waals surface area contributed by atoms with Crippen molar-refractivity contribution in [2.24, 2.45) is 0 Å². The molecule has 0 fully saturated rings. The Balaban J connectivity index is 1.61. The lowest BCUT2D eigenvalue weighted by molar-refractivity contribution is 0.206. The van der Waals surface area contributed by atoms with Crippen LogP contribution in [0.25, 0.3) is 10.9 Å². The van der Waals surface area contributed by atoms with Crippen LogP contribution in [0.2, 0.25) is 0 Å². The van der Waals surface area contributed by atoms with Gasteiger partial charge in [-0.15, -0.1) is 0 Å². The quantitative estimate of drug-likeness (QED) is 0.540. The molecule has 4 aromatic rings. The number of hydrogen-bond acceptors (Lipinski definition) is 2. The van der Waals surface area contributed by atoms with Gasteiger partial charge in [-0.1, -0.05) is 36.4 Å². The highest BCUT2D eigenvalue weighted by molar-refractivity contribution is 5.90. The van der Waals surface area contributed by atoms with E-state index < -0.39 is 0 Å². The second-order valence-corrected chi connectivity index (χ2v) is 6.37. The SMILES string of the molecule is O=C(Nc1ccccc1)N(Cc1cccnc1)Cc1cccc2[nH]ccc12. The first-order valence-electron chi connectivity index (χ1n) is 8.84. The number of carbonyl (C=O) groups is 1. The minimum absolute atomic E-state index is 0.141. The maximum absolute atomic E-state index is 13.0. The number of carbonyl (C=O) groups excluding carboxylic acids is 1. The van der Waals surface area contributed by atoms with E-state index in [1.54, 1.807) is 17.3 Å². The molecule has 27 heavy (non-hydrogen) atoms. The maximum Gasteiger partial charge on any atom is 0.322 e. The smallest absolute Gasteiger partial charge is 0.322 e. The van der Waals surface area contributed by atoms with Crippen LogP contribution in [0.15, 0.2) is 85.3 Å². The first-order chi connectivity index (χ1) is 13.3. The standard InChI is InChI=1S/C22H20N4O/c27-22(25-19-8-2-1-3-9-19)26(15-17-6-5-12-23-14-17)16-18-7-4-10-21-20(18)11-13-24-21/h1-14,24H,15-16H2,(H,25,27). The Morgan fingerprint density at radius 2 is 1.85 bits per heavy atom. The fraction of sp³-hybridized carbons (Fsp3) is 0.0909. The van der Waals surface area contributed by atoms with E-state index in [0.29, 0.717) is 13.1 Å². The first-order valence-corrected chi connectivity index (χ1v) is 8.84. The van der Waals surface area contributed by atoms with Crippen LogP contribution in [0.4, 0.5) is 10.5 Å². The number of nitrogens with zero attached hydrogens (tertiary/aromatic N) is 2. The van der Waals surface area contributed by atoms with Crippen LogP contribution in [0.3, 0.4) is 0 Å². The van der Waals surface area contributed by atoms with Gasteiger partial charge in [-0.05, 0) is 41.5 Å². The molecule has 5 nitrogen and oxygen atoms in total. The molecule has 2 heterocycles. The number of pyridine rings is 1. The summed E-state index contributed by atoms with van der Waals surface area (Å²) in [5.41, 5.74) is 3.93. The molecule has 0 aliphatic carbocycles. The molecule has 0 atom stereocenters. The van der Waals surface area contributed by atoms with E-state index in [-0.39, 0.29) is 6.03 Å². The first kappa shape index (κ1) is 16.8. The minimum Gasteiger partial charge on any atom is -0.361 e. The van der Waals surface area contributed by atoms with Crippen molar-refractivity contribution in [2.45, 2.75) is 13.1 Å². The Bertz CT molecular complexity index is 1030. The van der Waals surface area contributed by atoms with E-state index in [0.717, 1.165) is 27.7 Å². The number of para-hydroxylation sites is 1. The van der Waals surface area contributed by atoms with Crippen LogP contribution in [0.1, 0.15) is 11.1 Å². The van der Waals surface area contributed by atoms with E-state index in [1.165, 1.54) is 0 Å². The highest BCUT2D eigenvalue weighted by Gasteiger charge is 2.16. The van der Waals surface area contributed by atoms with Gasteiger partial charge in [-0.25, -0.2) is 4.79 Å². The molecule has 0 bridgehead atoms. The fourth-order valence-corrected chi connectivity index (χ4v) is 3.13. The minimum atomic E-state index is -0.141. The van der Waals surface area contributed by atoms with Gasteiger partial charge in [0.2, 0.25) is 0 Å². The lowest BCUT2D eigenvalue weighted by atomic mass is 10.1. The second-order valence-electron chi connectivity index (χ2n) is 6.37.